The number of ether oxygens (including phenoxy) is 1. The summed E-state index contributed by atoms with van der Waals surface area (Å²) in [7, 11) is -1.58. The second-order valence-electron chi connectivity index (χ2n) is 9.07. The lowest BCUT2D eigenvalue weighted by molar-refractivity contribution is -0.140. The number of fused-ring (bicyclic) bond motifs is 2. The van der Waals surface area contributed by atoms with E-state index in [9.17, 15) is 18.0 Å². The molecule has 182 valence electrons. The van der Waals surface area contributed by atoms with E-state index in [4.69, 9.17) is 14.1 Å². The van der Waals surface area contributed by atoms with Crippen LogP contribution in [0.2, 0.25) is 0 Å². The molecule has 8 nitrogen and oxygen atoms in total. The molecule has 0 radical (unpaired) electrons. The van der Waals surface area contributed by atoms with Crippen molar-refractivity contribution in [2.24, 2.45) is 0 Å². The van der Waals surface area contributed by atoms with Gasteiger partial charge >= 0.3 is 5.97 Å². The fourth-order valence-corrected chi connectivity index (χ4v) is 6.65. The number of pyridine rings is 1. The summed E-state index contributed by atoms with van der Waals surface area (Å²) in [6.45, 7) is 1.52. The zero-order valence-corrected chi connectivity index (χ0v) is 20.4. The minimum Gasteiger partial charge on any atom is -0.465 e. The number of hydrogen-bond donors (Lipinski definition) is 0. The fourth-order valence-electron chi connectivity index (χ4n) is 4.87. The highest BCUT2D eigenvalue weighted by atomic mass is 32.2. The summed E-state index contributed by atoms with van der Waals surface area (Å²) in [6, 6.07) is 10.6. The highest BCUT2D eigenvalue weighted by molar-refractivity contribution is 7.91. The van der Waals surface area contributed by atoms with Gasteiger partial charge in [-0.25, -0.2) is 18.2 Å². The number of allylic oxidation sites excluding steroid dienone is 1. The maximum Gasteiger partial charge on any atom is 0.339 e. The number of esters is 1. The third kappa shape index (κ3) is 4.48. The van der Waals surface area contributed by atoms with E-state index in [-0.39, 0.29) is 11.5 Å². The van der Waals surface area contributed by atoms with Gasteiger partial charge in [-0.1, -0.05) is 18.2 Å². The van der Waals surface area contributed by atoms with Crippen molar-refractivity contribution in [3.63, 3.8) is 0 Å². The number of aromatic nitrogens is 1. The molecule has 3 heterocycles. The summed E-state index contributed by atoms with van der Waals surface area (Å²) in [5, 5.41) is 0.672. The maximum absolute atomic E-state index is 13.4. The van der Waals surface area contributed by atoms with Crippen LogP contribution in [0, 0.1) is 0 Å². The third-order valence-electron chi connectivity index (χ3n) is 6.74. The maximum atomic E-state index is 13.4. The van der Waals surface area contributed by atoms with Crippen molar-refractivity contribution in [1.82, 2.24) is 9.88 Å². The predicted molar refractivity (Wildman–Crippen MR) is 131 cm³/mol. The summed E-state index contributed by atoms with van der Waals surface area (Å²) in [4.78, 5) is 32.6. The first-order valence-corrected chi connectivity index (χ1v) is 13.4. The number of rotatable bonds is 5. The van der Waals surface area contributed by atoms with Crippen molar-refractivity contribution in [1.29, 1.82) is 0 Å². The first kappa shape index (κ1) is 23.3. The molecule has 0 spiro atoms. The molecule has 5 rings (SSSR count). The zero-order valence-electron chi connectivity index (χ0n) is 19.6. The molecule has 2 aliphatic rings. The minimum absolute atomic E-state index is 0.0620. The zero-order chi connectivity index (χ0) is 24.7. The summed E-state index contributed by atoms with van der Waals surface area (Å²) in [6.07, 6.45) is 4.19. The Balaban J connectivity index is 1.44. The molecule has 1 amide bonds. The van der Waals surface area contributed by atoms with Gasteiger partial charge in [0.1, 0.15) is 5.76 Å². The number of para-hydroxylation sites is 1. The molecule has 0 N–H and O–H groups in total. The Labute approximate surface area is 203 Å². The Morgan fingerprint density at radius 3 is 2.71 bits per heavy atom. The molecule has 1 aliphatic carbocycles. The van der Waals surface area contributed by atoms with E-state index in [2.05, 4.69) is 0 Å². The number of furan rings is 1. The van der Waals surface area contributed by atoms with Crippen LogP contribution < -0.4 is 0 Å². The minimum atomic E-state index is -3.14. The smallest absolute Gasteiger partial charge is 0.339 e. The number of carbonyl (C=O) groups excluding carboxylic acids is 2. The van der Waals surface area contributed by atoms with E-state index >= 15 is 0 Å². The molecular formula is C26H26N2O6S. The first-order valence-electron chi connectivity index (χ1n) is 11.6. The quantitative estimate of drug-likeness (QED) is 0.500. The Morgan fingerprint density at radius 2 is 2.00 bits per heavy atom. The Bertz CT molecular complexity index is 1440. The van der Waals surface area contributed by atoms with Crippen molar-refractivity contribution >= 4 is 44.3 Å². The van der Waals surface area contributed by atoms with Gasteiger partial charge in [0.25, 0.3) is 5.91 Å². The largest absolute Gasteiger partial charge is 0.465 e. The highest BCUT2D eigenvalue weighted by Crippen LogP contribution is 2.38. The summed E-state index contributed by atoms with van der Waals surface area (Å²) < 4.78 is 34.8. The monoisotopic (exact) mass is 494 g/mol. The number of sulfone groups is 1. The average molecular weight is 495 g/mol. The van der Waals surface area contributed by atoms with E-state index in [1.807, 2.05) is 42.5 Å². The molecule has 2 aromatic heterocycles. The number of hydrogen-bond acceptors (Lipinski definition) is 7. The molecule has 3 aromatic rings. The molecule has 35 heavy (non-hydrogen) atoms. The lowest BCUT2D eigenvalue weighted by atomic mass is 10.0. The lowest BCUT2D eigenvalue weighted by Crippen LogP contribution is -2.44. The number of nitrogens with zero attached hydrogens (tertiary/aromatic N) is 2. The van der Waals surface area contributed by atoms with Gasteiger partial charge in [0.2, 0.25) is 0 Å². The molecule has 0 bridgehead atoms. The van der Waals surface area contributed by atoms with Gasteiger partial charge in [0.15, 0.2) is 15.9 Å². The molecule has 1 fully saturated rings. The molecule has 1 aromatic carbocycles. The van der Waals surface area contributed by atoms with Crippen LogP contribution in [0.3, 0.4) is 0 Å². The van der Waals surface area contributed by atoms with E-state index in [1.54, 1.807) is 13.3 Å². The van der Waals surface area contributed by atoms with Crippen LogP contribution in [-0.2, 0) is 25.8 Å². The van der Waals surface area contributed by atoms with E-state index in [1.165, 1.54) is 11.8 Å². The Hall–Kier alpha value is -3.46. The van der Waals surface area contributed by atoms with Crippen molar-refractivity contribution in [2.75, 3.05) is 18.6 Å². The van der Waals surface area contributed by atoms with Crippen LogP contribution in [0.25, 0.3) is 22.6 Å². The molecule has 9 heteroatoms. The third-order valence-corrected chi connectivity index (χ3v) is 8.49. The number of carbonyl (C=O) groups is 2. The van der Waals surface area contributed by atoms with Crippen molar-refractivity contribution in [3.8, 4) is 0 Å². The van der Waals surface area contributed by atoms with Gasteiger partial charge in [-0.05, 0) is 61.6 Å². The van der Waals surface area contributed by atoms with Gasteiger partial charge in [-0.15, -0.1) is 0 Å². The van der Waals surface area contributed by atoms with Gasteiger partial charge in [-0.3, -0.25) is 4.79 Å². The topological polar surface area (TPSA) is 107 Å². The predicted octanol–water partition coefficient (Wildman–Crippen LogP) is 3.51. The van der Waals surface area contributed by atoms with Crippen LogP contribution in [-0.4, -0.2) is 60.9 Å². The van der Waals surface area contributed by atoms with E-state index < -0.39 is 33.9 Å². The first-order chi connectivity index (χ1) is 16.7. The van der Waals surface area contributed by atoms with Crippen LogP contribution in [0.5, 0.6) is 0 Å². The average Bonchev–Trinajstić information content (AvgIpc) is 3.57. The normalized spacial score (nSPS) is 20.6. The van der Waals surface area contributed by atoms with Crippen LogP contribution in [0.1, 0.15) is 47.1 Å². The Kier molecular flexibility index (Phi) is 5.96. The molecule has 1 saturated heterocycles. The van der Waals surface area contributed by atoms with Crippen LogP contribution >= 0.6 is 0 Å². The molecular weight excluding hydrogens is 468 g/mol. The van der Waals surface area contributed by atoms with Gasteiger partial charge in [0.05, 0.1) is 34.5 Å². The number of benzene rings is 1. The summed E-state index contributed by atoms with van der Waals surface area (Å²) in [5.41, 5.74) is 3.58. The van der Waals surface area contributed by atoms with E-state index in [0.29, 0.717) is 41.5 Å². The van der Waals surface area contributed by atoms with Gasteiger partial charge in [-0.2, -0.15) is 0 Å². The number of likely N-dealkylation sites (N-methyl/N-ethyl adjacent to an activating group) is 1. The Morgan fingerprint density at radius 1 is 1.20 bits per heavy atom. The van der Waals surface area contributed by atoms with Crippen LogP contribution in [0.15, 0.2) is 47.1 Å². The standard InChI is InChI=1S/C26H26N2O6S/c1-16(25(29)28(2)18-11-13-35(31,32)15-18)34-26(30)23-20-7-3-4-8-22(20)27-24-17(9-10-21(23)24)14-19-6-5-12-33-19/h3-8,12,14,16,18H,9-11,13,15H2,1-2H3/b17-14-. The SMILES string of the molecule is CC(OC(=O)c1c2c(nc3ccccc13)/C(=C\c1ccco1)CC2)C(=O)N(C)C1CCS(=O)(=O)C1. The highest BCUT2D eigenvalue weighted by Gasteiger charge is 2.36. The molecule has 2 atom stereocenters. The second kappa shape index (κ2) is 8.96. The molecule has 1 aliphatic heterocycles. The van der Waals surface area contributed by atoms with Crippen molar-refractivity contribution < 1.29 is 27.2 Å². The molecule has 0 saturated carbocycles. The summed E-state index contributed by atoms with van der Waals surface area (Å²) >= 11 is 0. The van der Waals surface area contributed by atoms with Gasteiger partial charge in [0, 0.05) is 18.5 Å². The van der Waals surface area contributed by atoms with Crippen molar-refractivity contribution in [2.45, 2.75) is 38.3 Å². The van der Waals surface area contributed by atoms with Crippen LogP contribution in [0.4, 0.5) is 0 Å². The second-order valence-corrected chi connectivity index (χ2v) is 11.3. The van der Waals surface area contributed by atoms with Gasteiger partial charge < -0.3 is 14.1 Å². The van der Waals surface area contributed by atoms with E-state index in [0.717, 1.165) is 16.8 Å². The van der Waals surface area contributed by atoms with Crippen molar-refractivity contribution in [3.05, 3.63) is 65.2 Å². The number of amides is 1. The molecule has 2 unspecified atom stereocenters. The lowest BCUT2D eigenvalue weighted by Gasteiger charge is -2.26. The summed E-state index contributed by atoms with van der Waals surface area (Å²) in [5.74, 6) is -0.306. The fraction of sp³-hybridized carbons (Fsp3) is 0.346.